The van der Waals surface area contributed by atoms with Gasteiger partial charge in [0.05, 0.1) is 25.2 Å². The van der Waals surface area contributed by atoms with Gasteiger partial charge in [0.1, 0.15) is 23.9 Å². The van der Waals surface area contributed by atoms with Crippen LogP contribution in [0.25, 0.3) is 0 Å². The van der Waals surface area contributed by atoms with Crippen molar-refractivity contribution in [3.63, 3.8) is 0 Å². The van der Waals surface area contributed by atoms with Crippen molar-refractivity contribution in [3.05, 3.63) is 53.9 Å². The Labute approximate surface area is 197 Å². The van der Waals surface area contributed by atoms with Crippen molar-refractivity contribution in [1.29, 1.82) is 0 Å². The number of aromatic nitrogens is 3. The van der Waals surface area contributed by atoms with Crippen molar-refractivity contribution in [2.24, 2.45) is 0 Å². The van der Waals surface area contributed by atoms with E-state index < -0.39 is 5.25 Å². The second kappa shape index (κ2) is 11.0. The second-order valence-corrected chi connectivity index (χ2v) is 8.90. The van der Waals surface area contributed by atoms with Gasteiger partial charge < -0.3 is 25.4 Å². The molecular formula is C23H29N5O4S. The molecule has 0 saturated heterocycles. The van der Waals surface area contributed by atoms with Crippen LogP contribution < -0.4 is 25.4 Å². The van der Waals surface area contributed by atoms with Crippen LogP contribution in [0.4, 0.5) is 5.69 Å². The van der Waals surface area contributed by atoms with E-state index in [9.17, 15) is 4.79 Å². The number of nitrogen functional groups attached to an aromatic ring is 1. The number of anilines is 1. The van der Waals surface area contributed by atoms with E-state index in [2.05, 4.69) is 29.4 Å². The maximum Gasteiger partial charge on any atom is 0.237 e. The van der Waals surface area contributed by atoms with E-state index in [1.165, 1.54) is 29.1 Å². The van der Waals surface area contributed by atoms with Crippen LogP contribution in [0.5, 0.6) is 17.2 Å². The van der Waals surface area contributed by atoms with E-state index in [1.807, 2.05) is 24.3 Å². The van der Waals surface area contributed by atoms with E-state index in [0.717, 1.165) is 5.75 Å². The van der Waals surface area contributed by atoms with Crippen LogP contribution in [-0.2, 0) is 11.4 Å². The number of nitrogens with one attached hydrogen (secondary N) is 1. The van der Waals surface area contributed by atoms with Crippen molar-refractivity contribution in [2.75, 3.05) is 25.4 Å². The molecule has 176 valence electrons. The topological polar surface area (TPSA) is 114 Å². The number of amides is 1. The fourth-order valence-corrected chi connectivity index (χ4v) is 3.73. The third kappa shape index (κ3) is 6.10. The van der Waals surface area contributed by atoms with E-state index in [4.69, 9.17) is 20.1 Å². The molecule has 2 aromatic carbocycles. The van der Waals surface area contributed by atoms with Gasteiger partial charge in [0.25, 0.3) is 0 Å². The Morgan fingerprint density at radius 1 is 1.06 bits per heavy atom. The van der Waals surface area contributed by atoms with Crippen LogP contribution in [0.2, 0.25) is 0 Å². The van der Waals surface area contributed by atoms with Crippen molar-refractivity contribution in [2.45, 2.75) is 43.7 Å². The molecule has 0 aliphatic carbocycles. The number of ether oxygens (including phenoxy) is 3. The summed E-state index contributed by atoms with van der Waals surface area (Å²) in [6.07, 6.45) is 0. The molecule has 0 aliphatic rings. The van der Waals surface area contributed by atoms with Crippen LogP contribution in [0.15, 0.2) is 47.6 Å². The summed E-state index contributed by atoms with van der Waals surface area (Å²) in [5.74, 6) is 8.66. The highest BCUT2D eigenvalue weighted by atomic mass is 32.2. The summed E-state index contributed by atoms with van der Waals surface area (Å²) in [7, 11) is 3.09. The maximum absolute atomic E-state index is 12.7. The van der Waals surface area contributed by atoms with Gasteiger partial charge in [-0.15, -0.1) is 10.2 Å². The minimum Gasteiger partial charge on any atom is -0.497 e. The maximum atomic E-state index is 12.7. The molecule has 9 nitrogen and oxygen atoms in total. The molecule has 0 radical (unpaired) electrons. The molecule has 1 amide bonds. The summed E-state index contributed by atoms with van der Waals surface area (Å²) in [5.41, 5.74) is 1.75. The smallest absolute Gasteiger partial charge is 0.237 e. The summed E-state index contributed by atoms with van der Waals surface area (Å²) < 4.78 is 17.6. The molecule has 0 fully saturated rings. The Hall–Kier alpha value is -3.40. The lowest BCUT2D eigenvalue weighted by Crippen LogP contribution is -2.24. The second-order valence-electron chi connectivity index (χ2n) is 7.60. The molecule has 33 heavy (non-hydrogen) atoms. The van der Waals surface area contributed by atoms with E-state index in [1.54, 1.807) is 32.2 Å². The average Bonchev–Trinajstić information content (AvgIpc) is 3.16. The van der Waals surface area contributed by atoms with Crippen molar-refractivity contribution < 1.29 is 19.0 Å². The van der Waals surface area contributed by atoms with Gasteiger partial charge in [0, 0.05) is 6.07 Å². The Morgan fingerprint density at radius 2 is 1.76 bits per heavy atom. The standard InChI is InChI=1S/C23H29N5O4S/c1-14(2)16-6-8-17(9-7-16)32-13-21-26-27-23(28(21)24)33-15(3)22(29)25-19-12-18(30-4)10-11-20(19)31-5/h6-12,14-15H,13,24H2,1-5H3,(H,25,29). The molecule has 1 atom stereocenters. The van der Waals surface area contributed by atoms with E-state index >= 15 is 0 Å². The molecule has 10 heteroatoms. The van der Waals surface area contributed by atoms with Gasteiger partial charge in [-0.25, -0.2) is 4.68 Å². The summed E-state index contributed by atoms with van der Waals surface area (Å²) >= 11 is 1.19. The minimum absolute atomic E-state index is 0.159. The molecule has 1 unspecified atom stereocenters. The molecule has 0 spiro atoms. The van der Waals surface area contributed by atoms with E-state index in [-0.39, 0.29) is 12.5 Å². The van der Waals surface area contributed by atoms with Crippen LogP contribution >= 0.6 is 11.8 Å². The number of hydrogen-bond acceptors (Lipinski definition) is 8. The summed E-state index contributed by atoms with van der Waals surface area (Å²) in [6.45, 7) is 6.20. The predicted molar refractivity (Wildman–Crippen MR) is 129 cm³/mol. The molecule has 0 bridgehead atoms. The molecule has 1 aromatic heterocycles. The highest BCUT2D eigenvalue weighted by Gasteiger charge is 2.21. The predicted octanol–water partition coefficient (Wildman–Crippen LogP) is 3.83. The molecule has 0 aliphatic heterocycles. The highest BCUT2D eigenvalue weighted by Crippen LogP contribution is 2.30. The fourth-order valence-electron chi connectivity index (χ4n) is 2.94. The first kappa shape index (κ1) is 24.2. The quantitative estimate of drug-likeness (QED) is 0.339. The van der Waals surface area contributed by atoms with Crippen molar-refractivity contribution >= 4 is 23.4 Å². The third-order valence-corrected chi connectivity index (χ3v) is 6.02. The Bertz CT molecular complexity index is 1080. The van der Waals surface area contributed by atoms with Gasteiger partial charge in [-0.2, -0.15) is 0 Å². The van der Waals surface area contributed by atoms with Crippen molar-refractivity contribution in [3.8, 4) is 17.2 Å². The highest BCUT2D eigenvalue weighted by molar-refractivity contribution is 8.00. The van der Waals surface area contributed by atoms with Crippen LogP contribution in [0.1, 0.15) is 38.1 Å². The van der Waals surface area contributed by atoms with Gasteiger partial charge in [-0.05, 0) is 42.7 Å². The lowest BCUT2D eigenvalue weighted by molar-refractivity contribution is -0.115. The molecule has 0 saturated carbocycles. The molecular weight excluding hydrogens is 442 g/mol. The Kier molecular flexibility index (Phi) is 8.05. The van der Waals surface area contributed by atoms with Crippen LogP contribution in [-0.4, -0.2) is 40.3 Å². The van der Waals surface area contributed by atoms with Crippen LogP contribution in [0, 0.1) is 0 Å². The van der Waals surface area contributed by atoms with Gasteiger partial charge in [-0.3, -0.25) is 4.79 Å². The molecule has 3 aromatic rings. The number of nitrogens with zero attached hydrogens (tertiary/aromatic N) is 3. The fraction of sp³-hybridized carbons (Fsp3) is 0.348. The lowest BCUT2D eigenvalue weighted by Gasteiger charge is -2.14. The van der Waals surface area contributed by atoms with Crippen LogP contribution in [0.3, 0.4) is 0 Å². The molecule has 1 heterocycles. The number of hydrogen-bond donors (Lipinski definition) is 2. The van der Waals surface area contributed by atoms with Gasteiger partial charge >= 0.3 is 0 Å². The van der Waals surface area contributed by atoms with Gasteiger partial charge in [0.2, 0.25) is 11.1 Å². The monoisotopic (exact) mass is 471 g/mol. The lowest BCUT2D eigenvalue weighted by atomic mass is 10.0. The number of carbonyl (C=O) groups is 1. The first-order valence-corrected chi connectivity index (χ1v) is 11.3. The van der Waals surface area contributed by atoms with Gasteiger partial charge in [-0.1, -0.05) is 37.7 Å². The number of carbonyl (C=O) groups excluding carboxylic acids is 1. The normalized spacial score (nSPS) is 11.8. The Balaban J connectivity index is 1.60. The van der Waals surface area contributed by atoms with Gasteiger partial charge in [0.15, 0.2) is 5.82 Å². The third-order valence-electron chi connectivity index (χ3n) is 4.97. The SMILES string of the molecule is COc1ccc(OC)c(NC(=O)C(C)Sc2nnc(COc3ccc(C(C)C)cc3)n2N)c1. The minimum atomic E-state index is -0.496. The number of benzene rings is 2. The Morgan fingerprint density at radius 3 is 2.39 bits per heavy atom. The molecule has 3 rings (SSSR count). The number of rotatable bonds is 10. The van der Waals surface area contributed by atoms with Crippen molar-refractivity contribution in [1.82, 2.24) is 14.9 Å². The average molecular weight is 472 g/mol. The number of thioether (sulfide) groups is 1. The zero-order valence-electron chi connectivity index (χ0n) is 19.4. The van der Waals surface area contributed by atoms with E-state index in [0.29, 0.717) is 34.1 Å². The summed E-state index contributed by atoms with van der Waals surface area (Å²) in [5, 5.41) is 11.0. The largest absolute Gasteiger partial charge is 0.497 e. The molecule has 3 N–H and O–H groups in total. The summed E-state index contributed by atoms with van der Waals surface area (Å²) in [4.78, 5) is 12.7. The summed E-state index contributed by atoms with van der Waals surface area (Å²) in [6, 6.07) is 13.1. The first-order valence-electron chi connectivity index (χ1n) is 10.4. The zero-order valence-corrected chi connectivity index (χ0v) is 20.2. The zero-order chi connectivity index (χ0) is 24.0. The number of methoxy groups -OCH3 is 2. The first-order chi connectivity index (χ1) is 15.8. The number of nitrogens with two attached hydrogens (primary N) is 1.